The first-order valence-corrected chi connectivity index (χ1v) is 4.04. The van der Waals surface area contributed by atoms with Crippen molar-refractivity contribution in [3.63, 3.8) is 0 Å². The van der Waals surface area contributed by atoms with Crippen molar-refractivity contribution in [2.45, 2.75) is 6.04 Å². The van der Waals surface area contributed by atoms with E-state index in [1.54, 1.807) is 0 Å². The number of hydrogen-bond donors (Lipinski definition) is 3. The summed E-state index contributed by atoms with van der Waals surface area (Å²) in [4.78, 5) is 10.7. The molecule has 0 aromatic rings. The molecule has 0 saturated carbocycles. The second kappa shape index (κ2) is 5.64. The summed E-state index contributed by atoms with van der Waals surface area (Å²) in [5.41, 5.74) is 5.18. The van der Waals surface area contributed by atoms with Gasteiger partial charge in [0.2, 0.25) is 5.91 Å². The Hall–Kier alpha value is -0.130. The maximum atomic E-state index is 10.7. The molecule has 4 N–H and O–H groups in total. The van der Waals surface area contributed by atoms with Crippen molar-refractivity contribution in [2.24, 2.45) is 5.73 Å². The average molecular weight is 211 g/mol. The van der Waals surface area contributed by atoms with Gasteiger partial charge in [0.1, 0.15) is 6.04 Å². The molecule has 0 unspecified atom stereocenters. The van der Waals surface area contributed by atoms with Gasteiger partial charge in [-0.25, -0.2) is 0 Å². The van der Waals surface area contributed by atoms with Gasteiger partial charge in [-0.2, -0.15) is 0 Å². The van der Waals surface area contributed by atoms with E-state index in [1.807, 2.05) is 0 Å². The van der Waals surface area contributed by atoms with Gasteiger partial charge in [0.05, 0.1) is 6.61 Å². The lowest BCUT2D eigenvalue weighted by Crippen LogP contribution is -2.43. The second-order valence-electron chi connectivity index (χ2n) is 1.77. The van der Waals surface area contributed by atoms with E-state index in [2.05, 4.69) is 21.2 Å². The second-order valence-corrected chi connectivity index (χ2v) is 2.56. The van der Waals surface area contributed by atoms with E-state index >= 15 is 0 Å². The van der Waals surface area contributed by atoms with E-state index in [0.29, 0.717) is 11.9 Å². The molecule has 0 rings (SSSR count). The topological polar surface area (TPSA) is 75.3 Å². The molecular weight excluding hydrogens is 200 g/mol. The molecule has 5 heteroatoms. The molecule has 0 saturated heterocycles. The molecule has 60 valence electrons. The fraction of sp³-hybridized carbons (Fsp3) is 0.800. The Balaban J connectivity index is 3.42. The van der Waals surface area contributed by atoms with Crippen LogP contribution in [0.5, 0.6) is 0 Å². The molecule has 0 aliphatic heterocycles. The number of aliphatic hydroxyl groups excluding tert-OH is 1. The number of aliphatic hydroxyl groups is 1. The summed E-state index contributed by atoms with van der Waals surface area (Å²) in [6.07, 6.45) is 0. The molecule has 0 spiro atoms. The highest BCUT2D eigenvalue weighted by atomic mass is 79.9. The third-order valence-electron chi connectivity index (χ3n) is 0.927. The van der Waals surface area contributed by atoms with Crippen molar-refractivity contribution in [1.29, 1.82) is 0 Å². The number of rotatable bonds is 4. The zero-order chi connectivity index (χ0) is 7.98. The zero-order valence-electron chi connectivity index (χ0n) is 5.51. The van der Waals surface area contributed by atoms with Crippen LogP contribution in [0.4, 0.5) is 0 Å². The SMILES string of the molecule is N[C@@H](CO)C(=O)NCCBr. The van der Waals surface area contributed by atoms with Crippen LogP contribution in [0.1, 0.15) is 0 Å². The number of alkyl halides is 1. The molecule has 4 nitrogen and oxygen atoms in total. The summed E-state index contributed by atoms with van der Waals surface area (Å²) in [5, 5.41) is 11.6. The third kappa shape index (κ3) is 3.81. The highest BCUT2D eigenvalue weighted by molar-refractivity contribution is 9.09. The van der Waals surface area contributed by atoms with Gasteiger partial charge in [-0.15, -0.1) is 0 Å². The molecule has 0 aliphatic carbocycles. The van der Waals surface area contributed by atoms with E-state index in [9.17, 15) is 4.79 Å². The van der Waals surface area contributed by atoms with Crippen LogP contribution in [0.25, 0.3) is 0 Å². The summed E-state index contributed by atoms with van der Waals surface area (Å²) >= 11 is 3.13. The first-order valence-electron chi connectivity index (χ1n) is 2.92. The fourth-order valence-corrected chi connectivity index (χ4v) is 0.583. The number of halogens is 1. The van der Waals surface area contributed by atoms with Gasteiger partial charge >= 0.3 is 0 Å². The summed E-state index contributed by atoms with van der Waals surface area (Å²) in [6, 6.07) is -0.793. The normalized spacial score (nSPS) is 12.7. The van der Waals surface area contributed by atoms with E-state index in [4.69, 9.17) is 10.8 Å². The number of carbonyl (C=O) groups is 1. The van der Waals surface area contributed by atoms with Crippen LogP contribution in [-0.4, -0.2) is 35.5 Å². The molecule has 0 aromatic heterocycles. The molecule has 0 radical (unpaired) electrons. The van der Waals surface area contributed by atoms with Gasteiger partial charge in [-0.3, -0.25) is 4.79 Å². The van der Waals surface area contributed by atoms with Gasteiger partial charge in [-0.1, -0.05) is 15.9 Å². The van der Waals surface area contributed by atoms with Gasteiger partial charge in [0.15, 0.2) is 0 Å². The van der Waals surface area contributed by atoms with Crippen LogP contribution in [0.2, 0.25) is 0 Å². The molecule has 10 heavy (non-hydrogen) atoms. The van der Waals surface area contributed by atoms with Crippen molar-refractivity contribution in [1.82, 2.24) is 5.32 Å². The Bertz CT molecular complexity index is 110. The van der Waals surface area contributed by atoms with Crippen LogP contribution in [-0.2, 0) is 4.79 Å². The lowest BCUT2D eigenvalue weighted by molar-refractivity contribution is -0.123. The van der Waals surface area contributed by atoms with Gasteiger partial charge < -0.3 is 16.2 Å². The van der Waals surface area contributed by atoms with Crippen molar-refractivity contribution in [2.75, 3.05) is 18.5 Å². The standard InChI is InChI=1S/C5H11BrN2O2/c6-1-2-8-5(10)4(7)3-9/h4,9H,1-3,7H2,(H,8,10)/t4-/m0/s1. The highest BCUT2D eigenvalue weighted by Crippen LogP contribution is 1.78. The number of nitrogens with two attached hydrogens (primary N) is 1. The van der Waals surface area contributed by atoms with Crippen LogP contribution in [0.15, 0.2) is 0 Å². The zero-order valence-corrected chi connectivity index (χ0v) is 7.10. The molecule has 0 heterocycles. The first-order chi connectivity index (χ1) is 4.72. The summed E-state index contributed by atoms with van der Waals surface area (Å²) in [5.74, 6) is -0.318. The quantitative estimate of drug-likeness (QED) is 0.512. The highest BCUT2D eigenvalue weighted by Gasteiger charge is 2.09. The average Bonchev–Trinajstić information content (AvgIpc) is 1.98. The Morgan fingerprint density at radius 2 is 2.40 bits per heavy atom. The summed E-state index contributed by atoms with van der Waals surface area (Å²) < 4.78 is 0. The summed E-state index contributed by atoms with van der Waals surface area (Å²) in [7, 11) is 0. The van der Waals surface area contributed by atoms with E-state index in [0.717, 1.165) is 0 Å². The van der Waals surface area contributed by atoms with E-state index in [-0.39, 0.29) is 12.5 Å². The monoisotopic (exact) mass is 210 g/mol. The molecule has 0 fully saturated rings. The third-order valence-corrected chi connectivity index (χ3v) is 1.32. The van der Waals surface area contributed by atoms with Crippen LogP contribution >= 0.6 is 15.9 Å². The number of carbonyl (C=O) groups excluding carboxylic acids is 1. The van der Waals surface area contributed by atoms with Crippen LogP contribution in [0, 0.1) is 0 Å². The Morgan fingerprint density at radius 1 is 1.80 bits per heavy atom. The smallest absolute Gasteiger partial charge is 0.239 e. The minimum absolute atomic E-state index is 0.311. The van der Waals surface area contributed by atoms with E-state index < -0.39 is 6.04 Å². The van der Waals surface area contributed by atoms with Gasteiger partial charge in [0.25, 0.3) is 0 Å². The number of nitrogens with one attached hydrogen (secondary N) is 1. The lowest BCUT2D eigenvalue weighted by atomic mass is 10.3. The Morgan fingerprint density at radius 3 is 2.80 bits per heavy atom. The largest absolute Gasteiger partial charge is 0.394 e. The Kier molecular flexibility index (Phi) is 5.57. The summed E-state index contributed by atoms with van der Waals surface area (Å²) in [6.45, 7) is 0.223. The number of amides is 1. The van der Waals surface area contributed by atoms with Crippen LogP contribution < -0.4 is 11.1 Å². The predicted octanol–water partition coefficient (Wildman–Crippen LogP) is -1.18. The maximum absolute atomic E-state index is 10.7. The van der Waals surface area contributed by atoms with Crippen molar-refractivity contribution in [3.05, 3.63) is 0 Å². The fourth-order valence-electron chi connectivity index (χ4n) is 0.384. The maximum Gasteiger partial charge on any atom is 0.239 e. The van der Waals surface area contributed by atoms with Crippen molar-refractivity contribution < 1.29 is 9.90 Å². The minimum Gasteiger partial charge on any atom is -0.394 e. The molecule has 0 aromatic carbocycles. The van der Waals surface area contributed by atoms with Crippen molar-refractivity contribution in [3.8, 4) is 0 Å². The van der Waals surface area contributed by atoms with Gasteiger partial charge in [0, 0.05) is 11.9 Å². The van der Waals surface area contributed by atoms with Crippen LogP contribution in [0.3, 0.4) is 0 Å². The first kappa shape index (κ1) is 9.87. The number of hydrogen-bond acceptors (Lipinski definition) is 3. The van der Waals surface area contributed by atoms with Crippen molar-refractivity contribution >= 4 is 21.8 Å². The minimum atomic E-state index is -0.793. The Labute approximate surface area is 67.9 Å². The molecule has 1 atom stereocenters. The van der Waals surface area contributed by atoms with Gasteiger partial charge in [-0.05, 0) is 0 Å². The molecule has 1 amide bonds. The molecular formula is C5H11BrN2O2. The predicted molar refractivity (Wildman–Crippen MR) is 41.9 cm³/mol. The van der Waals surface area contributed by atoms with E-state index in [1.165, 1.54) is 0 Å². The molecule has 0 bridgehead atoms. The molecule has 0 aliphatic rings. The lowest BCUT2D eigenvalue weighted by Gasteiger charge is -2.06.